The van der Waals surface area contributed by atoms with E-state index in [2.05, 4.69) is 31.8 Å². The molecule has 2 N–H and O–H groups in total. The zero-order chi connectivity index (χ0) is 23.5. The van der Waals surface area contributed by atoms with Gasteiger partial charge in [-0.05, 0) is 25.0 Å². The molecule has 1 aromatic carbocycles. The third-order valence-electron chi connectivity index (χ3n) is 5.26. The number of nitrogens with zero attached hydrogens (tertiary/aromatic N) is 5. The van der Waals surface area contributed by atoms with Crippen LogP contribution in [0.3, 0.4) is 0 Å². The summed E-state index contributed by atoms with van der Waals surface area (Å²) in [6, 6.07) is 7.01. The molecule has 0 bridgehead atoms. The average molecular weight is 445 g/mol. The first-order valence-corrected chi connectivity index (χ1v) is 10.5. The molecular formula is C23H23N7O3. The van der Waals surface area contributed by atoms with E-state index in [1.54, 1.807) is 43.2 Å². The number of ether oxygens (including phenoxy) is 1. The summed E-state index contributed by atoms with van der Waals surface area (Å²) < 4.78 is 7.19. The molecule has 0 unspecified atom stereocenters. The highest BCUT2D eigenvalue weighted by Crippen LogP contribution is 2.39. The normalized spacial score (nSPS) is 12.7. The maximum absolute atomic E-state index is 12.6. The number of nitrogens with one attached hydrogen (secondary N) is 2. The standard InChI is InChI=1S/C23H23N7O3/c1-4-19(31)16-11-25-20(28-23(32)14-5-6-14)9-17(16)27-18-8-13(10-24)7-15(21(18)33-3)22-26-12-30(2)29-22/h7-9,11-12,14H,4-6H2,1-3H3,(H2,25,27,28,32). The Bertz CT molecular complexity index is 1270. The molecule has 168 valence electrons. The monoisotopic (exact) mass is 445 g/mol. The van der Waals surface area contributed by atoms with Crippen LogP contribution in [0.15, 0.2) is 30.7 Å². The molecule has 2 heterocycles. The molecule has 10 nitrogen and oxygen atoms in total. The van der Waals surface area contributed by atoms with Crippen molar-refractivity contribution in [3.05, 3.63) is 41.9 Å². The Balaban J connectivity index is 1.78. The number of Topliss-reactive ketones (excluding diaryl/α,β-unsaturated/α-hetero) is 1. The van der Waals surface area contributed by atoms with Crippen LogP contribution in [0.25, 0.3) is 11.4 Å². The fourth-order valence-electron chi connectivity index (χ4n) is 3.39. The molecule has 1 fully saturated rings. The third kappa shape index (κ3) is 4.67. The van der Waals surface area contributed by atoms with Gasteiger partial charge in [0.05, 0.1) is 41.2 Å². The molecule has 1 saturated carbocycles. The van der Waals surface area contributed by atoms with Gasteiger partial charge in [0.15, 0.2) is 17.4 Å². The van der Waals surface area contributed by atoms with Gasteiger partial charge in [-0.2, -0.15) is 10.4 Å². The van der Waals surface area contributed by atoms with Crippen molar-refractivity contribution in [3.8, 4) is 23.2 Å². The Morgan fingerprint density at radius 2 is 2.03 bits per heavy atom. The van der Waals surface area contributed by atoms with Gasteiger partial charge in [-0.25, -0.2) is 9.97 Å². The maximum Gasteiger partial charge on any atom is 0.228 e. The van der Waals surface area contributed by atoms with Crippen molar-refractivity contribution in [2.24, 2.45) is 13.0 Å². The summed E-state index contributed by atoms with van der Waals surface area (Å²) in [5.41, 5.74) is 2.15. The quantitative estimate of drug-likeness (QED) is 0.504. The SMILES string of the molecule is CCC(=O)c1cnc(NC(=O)C2CC2)cc1Nc1cc(C#N)cc(-c2ncn(C)n2)c1OC. The number of amides is 1. The number of ketones is 1. The number of pyridine rings is 1. The summed E-state index contributed by atoms with van der Waals surface area (Å²) in [5.74, 6) is 0.953. The topological polar surface area (TPSA) is 135 Å². The van der Waals surface area contributed by atoms with Gasteiger partial charge in [0.25, 0.3) is 0 Å². The highest BCUT2D eigenvalue weighted by atomic mass is 16.5. The number of aromatic nitrogens is 4. The number of aryl methyl sites for hydroxylation is 1. The van der Waals surface area contributed by atoms with E-state index in [0.717, 1.165) is 12.8 Å². The lowest BCUT2D eigenvalue weighted by Crippen LogP contribution is -2.15. The summed E-state index contributed by atoms with van der Waals surface area (Å²) in [4.78, 5) is 33.3. The Morgan fingerprint density at radius 1 is 1.24 bits per heavy atom. The van der Waals surface area contributed by atoms with E-state index < -0.39 is 0 Å². The zero-order valence-electron chi connectivity index (χ0n) is 18.5. The lowest BCUT2D eigenvalue weighted by atomic mass is 10.1. The van der Waals surface area contributed by atoms with E-state index >= 15 is 0 Å². The average Bonchev–Trinajstić information content (AvgIpc) is 3.59. The second kappa shape index (κ2) is 9.08. The van der Waals surface area contributed by atoms with Crippen LogP contribution in [0.2, 0.25) is 0 Å². The van der Waals surface area contributed by atoms with Crippen molar-refractivity contribution in [2.75, 3.05) is 17.7 Å². The van der Waals surface area contributed by atoms with Crippen LogP contribution < -0.4 is 15.4 Å². The van der Waals surface area contributed by atoms with Gasteiger partial charge in [0.2, 0.25) is 5.91 Å². The van der Waals surface area contributed by atoms with Crippen LogP contribution in [-0.4, -0.2) is 38.5 Å². The van der Waals surface area contributed by atoms with Crippen LogP contribution in [0, 0.1) is 17.2 Å². The van der Waals surface area contributed by atoms with Gasteiger partial charge in [0, 0.05) is 31.6 Å². The van der Waals surface area contributed by atoms with Crippen molar-refractivity contribution < 1.29 is 14.3 Å². The van der Waals surface area contributed by atoms with E-state index in [1.807, 2.05) is 0 Å². The van der Waals surface area contributed by atoms with Crippen molar-refractivity contribution in [3.63, 3.8) is 0 Å². The van der Waals surface area contributed by atoms with Crippen LogP contribution in [0.4, 0.5) is 17.2 Å². The lowest BCUT2D eigenvalue weighted by molar-refractivity contribution is -0.117. The Morgan fingerprint density at radius 3 is 2.64 bits per heavy atom. The summed E-state index contributed by atoms with van der Waals surface area (Å²) in [7, 11) is 3.25. The first kappa shape index (κ1) is 22.0. The second-order valence-electron chi connectivity index (χ2n) is 7.74. The molecule has 0 atom stereocenters. The number of anilines is 3. The first-order chi connectivity index (χ1) is 15.9. The molecular weight excluding hydrogens is 422 g/mol. The van der Waals surface area contributed by atoms with Gasteiger partial charge < -0.3 is 15.4 Å². The molecule has 0 radical (unpaired) electrons. The second-order valence-corrected chi connectivity index (χ2v) is 7.74. The highest BCUT2D eigenvalue weighted by Gasteiger charge is 2.30. The molecule has 1 amide bonds. The molecule has 0 spiro atoms. The van der Waals surface area contributed by atoms with Crippen LogP contribution in [0.1, 0.15) is 42.1 Å². The van der Waals surface area contributed by atoms with E-state index in [0.29, 0.717) is 45.5 Å². The predicted molar refractivity (Wildman–Crippen MR) is 121 cm³/mol. The summed E-state index contributed by atoms with van der Waals surface area (Å²) in [5, 5.41) is 19.9. The van der Waals surface area contributed by atoms with E-state index in [1.165, 1.54) is 13.3 Å². The summed E-state index contributed by atoms with van der Waals surface area (Å²) >= 11 is 0. The minimum absolute atomic E-state index is 0.0148. The lowest BCUT2D eigenvalue weighted by Gasteiger charge is -2.17. The molecule has 4 rings (SSSR count). The number of carbonyl (C=O) groups is 2. The molecule has 33 heavy (non-hydrogen) atoms. The molecule has 0 aliphatic heterocycles. The predicted octanol–water partition coefficient (Wildman–Crippen LogP) is 3.44. The van der Waals surface area contributed by atoms with E-state index in [4.69, 9.17) is 4.74 Å². The van der Waals surface area contributed by atoms with Crippen molar-refractivity contribution >= 4 is 28.9 Å². The fourth-order valence-corrected chi connectivity index (χ4v) is 3.39. The number of benzene rings is 1. The fraction of sp³-hybridized carbons (Fsp3) is 0.304. The molecule has 2 aromatic heterocycles. The van der Waals surface area contributed by atoms with Crippen LogP contribution >= 0.6 is 0 Å². The maximum atomic E-state index is 12.6. The van der Waals surface area contributed by atoms with Gasteiger partial charge >= 0.3 is 0 Å². The van der Waals surface area contributed by atoms with Gasteiger partial charge in [0.1, 0.15) is 12.1 Å². The number of carbonyl (C=O) groups excluding carboxylic acids is 2. The molecule has 10 heteroatoms. The molecule has 1 aliphatic carbocycles. The number of rotatable bonds is 8. The van der Waals surface area contributed by atoms with E-state index in [-0.39, 0.29) is 24.0 Å². The highest BCUT2D eigenvalue weighted by molar-refractivity contribution is 6.03. The van der Waals surface area contributed by atoms with Crippen LogP contribution in [-0.2, 0) is 11.8 Å². The number of methoxy groups -OCH3 is 1. The molecule has 3 aromatic rings. The first-order valence-electron chi connectivity index (χ1n) is 10.5. The number of hydrogen-bond acceptors (Lipinski definition) is 8. The zero-order valence-corrected chi connectivity index (χ0v) is 18.5. The molecule has 1 aliphatic rings. The number of hydrogen-bond donors (Lipinski definition) is 2. The Labute approximate surface area is 190 Å². The largest absolute Gasteiger partial charge is 0.494 e. The number of nitriles is 1. The van der Waals surface area contributed by atoms with E-state index in [9.17, 15) is 14.9 Å². The Hall–Kier alpha value is -4.26. The summed E-state index contributed by atoms with van der Waals surface area (Å²) in [6.45, 7) is 1.76. The minimum atomic E-state index is -0.118. The smallest absolute Gasteiger partial charge is 0.228 e. The van der Waals surface area contributed by atoms with Crippen molar-refractivity contribution in [1.29, 1.82) is 5.26 Å². The third-order valence-corrected chi connectivity index (χ3v) is 5.26. The van der Waals surface area contributed by atoms with Crippen LogP contribution in [0.5, 0.6) is 5.75 Å². The van der Waals surface area contributed by atoms with Gasteiger partial charge in [-0.3, -0.25) is 14.3 Å². The minimum Gasteiger partial charge on any atom is -0.494 e. The van der Waals surface area contributed by atoms with Crippen molar-refractivity contribution in [2.45, 2.75) is 26.2 Å². The summed E-state index contributed by atoms with van der Waals surface area (Å²) in [6.07, 6.45) is 5.01. The van der Waals surface area contributed by atoms with Crippen molar-refractivity contribution in [1.82, 2.24) is 19.7 Å². The molecule has 0 saturated heterocycles. The Kier molecular flexibility index (Phi) is 6.04. The van der Waals surface area contributed by atoms with Gasteiger partial charge in [-0.15, -0.1) is 0 Å². The van der Waals surface area contributed by atoms with Gasteiger partial charge in [-0.1, -0.05) is 6.92 Å².